The number of nitrogens with one attached hydrogen (secondary N) is 3. The van der Waals surface area contributed by atoms with Gasteiger partial charge in [0.15, 0.2) is 12.0 Å². The molecule has 2 fully saturated rings. The number of hydrogen-bond donors (Lipinski definition) is 3. The topological polar surface area (TPSA) is 101 Å². The Morgan fingerprint density at radius 1 is 1.31 bits per heavy atom. The predicted molar refractivity (Wildman–Crippen MR) is 107 cm³/mol. The van der Waals surface area contributed by atoms with Crippen molar-refractivity contribution in [2.45, 2.75) is 50.9 Å². The van der Waals surface area contributed by atoms with E-state index in [4.69, 9.17) is 4.42 Å². The van der Waals surface area contributed by atoms with Crippen molar-refractivity contribution >= 4 is 28.6 Å². The predicted octanol–water partition coefficient (Wildman–Crippen LogP) is 3.10. The van der Waals surface area contributed by atoms with E-state index in [9.17, 15) is 9.59 Å². The Bertz CT molecular complexity index is 1050. The zero-order valence-electron chi connectivity index (χ0n) is 16.1. The summed E-state index contributed by atoms with van der Waals surface area (Å²) in [6.45, 7) is 2.04. The lowest BCUT2D eigenvalue weighted by Gasteiger charge is -2.31. The first-order valence-corrected chi connectivity index (χ1v) is 10.1. The maximum atomic E-state index is 12.8. The standard InChI is InChI=1S/C21H23N5O3/c1-2-14-10-19(27)24-21(22-14)26-18(11-15(25-26)12-7-8-12)23-20(28)17-9-13-5-3-4-6-16(13)29-17/h3-6,9,11-12,14,21-22H,2,7-8,10H2,1H3,(H,23,28)(H,24,27). The van der Waals surface area contributed by atoms with Crippen LogP contribution in [0.4, 0.5) is 5.82 Å². The molecule has 1 saturated carbocycles. The van der Waals surface area contributed by atoms with E-state index < -0.39 is 6.29 Å². The molecule has 8 heteroatoms. The number of furan rings is 1. The summed E-state index contributed by atoms with van der Waals surface area (Å²) in [5, 5.41) is 14.8. The van der Waals surface area contributed by atoms with E-state index >= 15 is 0 Å². The monoisotopic (exact) mass is 393 g/mol. The highest BCUT2D eigenvalue weighted by Gasteiger charge is 2.32. The van der Waals surface area contributed by atoms with Crippen LogP contribution < -0.4 is 16.0 Å². The first-order valence-electron chi connectivity index (χ1n) is 10.1. The molecule has 5 rings (SSSR count). The Morgan fingerprint density at radius 3 is 2.90 bits per heavy atom. The molecule has 8 nitrogen and oxygen atoms in total. The molecule has 3 N–H and O–H groups in total. The first-order chi connectivity index (χ1) is 14.1. The number of nitrogens with zero attached hydrogens (tertiary/aromatic N) is 2. The second kappa shape index (κ2) is 7.04. The van der Waals surface area contributed by atoms with Gasteiger partial charge < -0.3 is 15.1 Å². The van der Waals surface area contributed by atoms with Gasteiger partial charge >= 0.3 is 0 Å². The highest BCUT2D eigenvalue weighted by Crippen LogP contribution is 2.40. The first kappa shape index (κ1) is 17.9. The number of fused-ring (bicyclic) bond motifs is 1. The summed E-state index contributed by atoms with van der Waals surface area (Å²) in [6, 6.07) is 11.2. The molecule has 1 aromatic carbocycles. The third-order valence-electron chi connectivity index (χ3n) is 5.50. The maximum absolute atomic E-state index is 12.8. The Balaban J connectivity index is 1.44. The Morgan fingerprint density at radius 2 is 2.14 bits per heavy atom. The van der Waals surface area contributed by atoms with Crippen LogP contribution in [0, 0.1) is 0 Å². The lowest BCUT2D eigenvalue weighted by molar-refractivity contribution is -0.125. The fraction of sp³-hybridized carbons (Fsp3) is 0.381. The minimum absolute atomic E-state index is 0.0290. The average molecular weight is 393 g/mol. The van der Waals surface area contributed by atoms with Crippen LogP contribution in [0.3, 0.4) is 0 Å². The number of amides is 2. The van der Waals surface area contributed by atoms with E-state index in [1.165, 1.54) is 0 Å². The Labute approximate surface area is 167 Å². The van der Waals surface area contributed by atoms with Crippen molar-refractivity contribution in [3.05, 3.63) is 47.9 Å². The molecule has 150 valence electrons. The molecule has 2 amide bonds. The minimum Gasteiger partial charge on any atom is -0.451 e. The summed E-state index contributed by atoms with van der Waals surface area (Å²) in [5.41, 5.74) is 1.59. The molecule has 2 unspecified atom stereocenters. The van der Waals surface area contributed by atoms with Gasteiger partial charge in [0.05, 0.1) is 5.69 Å². The van der Waals surface area contributed by atoms with Crippen molar-refractivity contribution in [2.24, 2.45) is 0 Å². The summed E-state index contributed by atoms with van der Waals surface area (Å²) >= 11 is 0. The molecule has 29 heavy (non-hydrogen) atoms. The van der Waals surface area contributed by atoms with Crippen LogP contribution in [0.5, 0.6) is 0 Å². The smallest absolute Gasteiger partial charge is 0.292 e. The molecule has 1 saturated heterocycles. The van der Waals surface area contributed by atoms with E-state index in [1.807, 2.05) is 37.3 Å². The van der Waals surface area contributed by atoms with Crippen LogP contribution in [0.25, 0.3) is 11.0 Å². The van der Waals surface area contributed by atoms with Crippen molar-refractivity contribution in [1.82, 2.24) is 20.4 Å². The summed E-state index contributed by atoms with van der Waals surface area (Å²) in [7, 11) is 0. The molecule has 2 atom stereocenters. The van der Waals surface area contributed by atoms with E-state index in [2.05, 4.69) is 21.0 Å². The highest BCUT2D eigenvalue weighted by atomic mass is 16.3. The maximum Gasteiger partial charge on any atom is 0.292 e. The third kappa shape index (κ3) is 3.51. The number of carbonyl (C=O) groups excluding carboxylic acids is 2. The lowest BCUT2D eigenvalue weighted by atomic mass is 10.1. The van der Waals surface area contributed by atoms with Crippen LogP contribution in [-0.4, -0.2) is 27.6 Å². The van der Waals surface area contributed by atoms with Gasteiger partial charge in [0.25, 0.3) is 5.91 Å². The number of rotatable bonds is 5. The van der Waals surface area contributed by atoms with Crippen LogP contribution in [0.2, 0.25) is 0 Å². The molecule has 1 aliphatic heterocycles. The fourth-order valence-corrected chi connectivity index (χ4v) is 3.71. The molecular formula is C21H23N5O3. The normalized spacial score (nSPS) is 21.9. The number of benzene rings is 1. The van der Waals surface area contributed by atoms with Crippen LogP contribution in [0.15, 0.2) is 40.8 Å². The van der Waals surface area contributed by atoms with Gasteiger partial charge in [0.2, 0.25) is 5.91 Å². The summed E-state index contributed by atoms with van der Waals surface area (Å²) in [6.07, 6.45) is 2.96. The van der Waals surface area contributed by atoms with Gasteiger partial charge in [0, 0.05) is 29.8 Å². The number of hydrogen-bond acceptors (Lipinski definition) is 5. The molecule has 3 aromatic rings. The summed E-state index contributed by atoms with van der Waals surface area (Å²) in [5.74, 6) is 0.808. The largest absolute Gasteiger partial charge is 0.451 e. The van der Waals surface area contributed by atoms with E-state index in [-0.39, 0.29) is 23.6 Å². The van der Waals surface area contributed by atoms with Gasteiger partial charge in [0.1, 0.15) is 11.4 Å². The van der Waals surface area contributed by atoms with Gasteiger partial charge in [-0.2, -0.15) is 5.10 Å². The molecule has 1 aliphatic carbocycles. The van der Waals surface area contributed by atoms with Crippen molar-refractivity contribution in [1.29, 1.82) is 0 Å². The van der Waals surface area contributed by atoms with Gasteiger partial charge in [-0.05, 0) is 31.4 Å². The zero-order chi connectivity index (χ0) is 20.0. The number of para-hydroxylation sites is 1. The number of aromatic nitrogens is 2. The van der Waals surface area contributed by atoms with Crippen molar-refractivity contribution in [2.75, 3.05) is 5.32 Å². The molecule has 0 bridgehead atoms. The molecule has 2 aromatic heterocycles. The van der Waals surface area contributed by atoms with E-state index in [0.717, 1.165) is 30.3 Å². The molecular weight excluding hydrogens is 370 g/mol. The quantitative estimate of drug-likeness (QED) is 0.618. The van der Waals surface area contributed by atoms with Crippen molar-refractivity contribution < 1.29 is 14.0 Å². The molecule has 0 spiro atoms. The molecule has 2 aliphatic rings. The number of anilines is 1. The molecule has 0 radical (unpaired) electrons. The van der Waals surface area contributed by atoms with Gasteiger partial charge in [-0.15, -0.1) is 0 Å². The van der Waals surface area contributed by atoms with Crippen LogP contribution >= 0.6 is 0 Å². The Kier molecular flexibility index (Phi) is 4.35. The lowest BCUT2D eigenvalue weighted by Crippen LogP contribution is -2.53. The second-order valence-corrected chi connectivity index (χ2v) is 7.72. The number of carbonyl (C=O) groups is 2. The van der Waals surface area contributed by atoms with Crippen LogP contribution in [-0.2, 0) is 4.79 Å². The fourth-order valence-electron chi connectivity index (χ4n) is 3.71. The van der Waals surface area contributed by atoms with Gasteiger partial charge in [-0.25, -0.2) is 4.68 Å². The van der Waals surface area contributed by atoms with E-state index in [1.54, 1.807) is 10.7 Å². The highest BCUT2D eigenvalue weighted by molar-refractivity contribution is 6.04. The van der Waals surface area contributed by atoms with E-state index in [0.29, 0.717) is 23.7 Å². The van der Waals surface area contributed by atoms with Crippen molar-refractivity contribution in [3.8, 4) is 0 Å². The van der Waals surface area contributed by atoms with Gasteiger partial charge in [-0.1, -0.05) is 25.1 Å². The SMILES string of the molecule is CCC1CC(=O)NC(n2nc(C3CC3)cc2NC(=O)c2cc3ccccc3o2)N1. The Hall–Kier alpha value is -3.13. The van der Waals surface area contributed by atoms with Gasteiger partial charge in [-0.3, -0.25) is 14.9 Å². The second-order valence-electron chi connectivity index (χ2n) is 7.72. The minimum atomic E-state index is -0.500. The summed E-state index contributed by atoms with van der Waals surface area (Å²) < 4.78 is 7.34. The van der Waals surface area contributed by atoms with Crippen LogP contribution in [0.1, 0.15) is 61.1 Å². The average Bonchev–Trinajstić information content (AvgIpc) is 3.34. The summed E-state index contributed by atoms with van der Waals surface area (Å²) in [4.78, 5) is 25.0. The molecule has 3 heterocycles. The van der Waals surface area contributed by atoms with Crippen molar-refractivity contribution in [3.63, 3.8) is 0 Å². The zero-order valence-corrected chi connectivity index (χ0v) is 16.1. The third-order valence-corrected chi connectivity index (χ3v) is 5.50.